The van der Waals surface area contributed by atoms with Crippen LogP contribution in [0.4, 0.5) is 28.8 Å². The molecule has 1 amide bonds. The summed E-state index contributed by atoms with van der Waals surface area (Å²) in [4.78, 5) is 25.6. The number of hydrogen-bond donors (Lipinski definition) is 4. The van der Waals surface area contributed by atoms with Crippen molar-refractivity contribution in [2.45, 2.75) is 19.3 Å². The fourth-order valence-electron chi connectivity index (χ4n) is 3.71. The van der Waals surface area contributed by atoms with Crippen LogP contribution in [0.25, 0.3) is 0 Å². The van der Waals surface area contributed by atoms with Gasteiger partial charge in [0.15, 0.2) is 5.82 Å². The topological polar surface area (TPSA) is 104 Å². The Hall–Kier alpha value is -3.23. The fraction of sp³-hybridized carbons (Fsp3) is 0.273. The number of benzene rings is 1. The first kappa shape index (κ1) is 19.7. The third-order valence-corrected chi connectivity index (χ3v) is 5.74. The normalized spacial score (nSPS) is 15.3. The molecule has 2 aliphatic heterocycles. The lowest BCUT2D eigenvalue weighted by atomic mass is 9.98. The lowest BCUT2D eigenvalue weighted by Crippen LogP contribution is -2.43. The Labute approximate surface area is 184 Å². The Kier molecular flexibility index (Phi) is 5.40. The van der Waals surface area contributed by atoms with Gasteiger partial charge in [-0.15, -0.1) is 0 Å². The minimum atomic E-state index is 0.0442. The molecule has 0 radical (unpaired) electrons. The summed E-state index contributed by atoms with van der Waals surface area (Å²) in [6, 6.07) is 7.90. The van der Waals surface area contributed by atoms with Crippen molar-refractivity contribution in [3.63, 3.8) is 0 Å². The third kappa shape index (κ3) is 4.60. The van der Waals surface area contributed by atoms with Gasteiger partial charge in [-0.3, -0.25) is 9.78 Å². The molecule has 0 saturated carbocycles. The molecule has 0 atom stereocenters. The Morgan fingerprint density at radius 3 is 2.84 bits per heavy atom. The highest BCUT2D eigenvalue weighted by Gasteiger charge is 2.21. The molecule has 9 heteroatoms. The van der Waals surface area contributed by atoms with Crippen LogP contribution in [0.1, 0.15) is 17.5 Å². The van der Waals surface area contributed by atoms with Crippen molar-refractivity contribution >= 4 is 46.3 Å². The number of aromatic nitrogens is 3. The first-order valence-electron chi connectivity index (χ1n) is 10.3. The largest absolute Gasteiger partial charge is 0.339 e. The van der Waals surface area contributed by atoms with Gasteiger partial charge in [0.2, 0.25) is 11.9 Å². The zero-order valence-corrected chi connectivity index (χ0v) is 17.5. The number of pyridine rings is 1. The molecule has 2 aromatic heterocycles. The van der Waals surface area contributed by atoms with Gasteiger partial charge >= 0.3 is 0 Å². The minimum Gasteiger partial charge on any atom is -0.339 e. The van der Waals surface area contributed by atoms with Crippen molar-refractivity contribution in [1.29, 1.82) is 0 Å². The number of carbonyl (C=O) groups excluding carboxylic acids is 1. The van der Waals surface area contributed by atoms with E-state index in [-0.39, 0.29) is 5.91 Å². The van der Waals surface area contributed by atoms with Crippen LogP contribution >= 0.6 is 11.6 Å². The van der Waals surface area contributed by atoms with Gasteiger partial charge in [-0.05, 0) is 67.2 Å². The molecule has 0 aliphatic carbocycles. The molecule has 158 valence electrons. The van der Waals surface area contributed by atoms with Crippen LogP contribution in [0.2, 0.25) is 5.02 Å². The van der Waals surface area contributed by atoms with E-state index in [2.05, 4.69) is 36.2 Å². The monoisotopic (exact) mass is 435 g/mol. The van der Waals surface area contributed by atoms with Crippen LogP contribution in [0.3, 0.4) is 0 Å². The van der Waals surface area contributed by atoms with Crippen molar-refractivity contribution < 1.29 is 4.79 Å². The van der Waals surface area contributed by atoms with Gasteiger partial charge in [0.25, 0.3) is 0 Å². The lowest BCUT2D eigenvalue weighted by molar-refractivity contribution is -0.117. The van der Waals surface area contributed by atoms with Crippen molar-refractivity contribution in [3.05, 3.63) is 59.0 Å². The van der Waals surface area contributed by atoms with Gasteiger partial charge in [-0.2, -0.15) is 4.98 Å². The van der Waals surface area contributed by atoms with Crippen molar-refractivity contribution in [3.8, 4) is 0 Å². The van der Waals surface area contributed by atoms with Crippen LogP contribution < -0.4 is 21.3 Å². The number of amides is 1. The van der Waals surface area contributed by atoms with Crippen molar-refractivity contribution in [2.24, 2.45) is 5.92 Å². The van der Waals surface area contributed by atoms with Crippen molar-refractivity contribution in [1.82, 2.24) is 20.3 Å². The summed E-state index contributed by atoms with van der Waals surface area (Å²) in [5.74, 6) is 1.39. The molecule has 0 unspecified atom stereocenters. The number of hydrogen-bond acceptors (Lipinski definition) is 7. The Bertz CT molecular complexity index is 1130. The molecule has 31 heavy (non-hydrogen) atoms. The minimum absolute atomic E-state index is 0.0442. The van der Waals surface area contributed by atoms with Gasteiger partial charge in [0, 0.05) is 24.0 Å². The molecule has 3 aromatic rings. The van der Waals surface area contributed by atoms with E-state index in [4.69, 9.17) is 11.6 Å². The molecular weight excluding hydrogens is 414 g/mol. The van der Waals surface area contributed by atoms with E-state index in [0.717, 1.165) is 54.1 Å². The van der Waals surface area contributed by atoms with Crippen LogP contribution in [0.15, 0.2) is 42.9 Å². The lowest BCUT2D eigenvalue weighted by Gasteiger charge is -2.26. The highest BCUT2D eigenvalue weighted by Crippen LogP contribution is 2.29. The predicted octanol–water partition coefficient (Wildman–Crippen LogP) is 3.66. The highest BCUT2D eigenvalue weighted by molar-refractivity contribution is 6.32. The first-order chi connectivity index (χ1) is 15.1. The average molecular weight is 436 g/mol. The van der Waals surface area contributed by atoms with E-state index >= 15 is 0 Å². The zero-order valence-electron chi connectivity index (χ0n) is 16.8. The number of halogens is 1. The second-order valence-corrected chi connectivity index (χ2v) is 8.28. The molecule has 1 saturated heterocycles. The Balaban J connectivity index is 1.48. The quantitative estimate of drug-likeness (QED) is 0.497. The van der Waals surface area contributed by atoms with E-state index < -0.39 is 0 Å². The third-order valence-electron chi connectivity index (χ3n) is 5.46. The maximum absolute atomic E-state index is 12.5. The number of nitrogens with zero attached hydrogens (tertiary/aromatic N) is 3. The molecule has 5 rings (SSSR count). The molecule has 2 aliphatic rings. The molecule has 4 heterocycles. The molecule has 0 spiro atoms. The smallest absolute Gasteiger partial charge is 0.229 e. The summed E-state index contributed by atoms with van der Waals surface area (Å²) in [7, 11) is 0. The van der Waals surface area contributed by atoms with E-state index in [1.54, 1.807) is 12.4 Å². The fourth-order valence-corrected chi connectivity index (χ4v) is 3.85. The number of carbonyl (C=O) groups is 1. The SMILES string of the molecule is O=C(CC1CNC1)Nc1ccc2cc1CCc1cncc(c1)Nc1ncc(Cl)c(n1)N2. The Morgan fingerprint density at radius 2 is 2.00 bits per heavy atom. The van der Waals surface area contributed by atoms with Gasteiger partial charge in [0.05, 0.1) is 18.1 Å². The van der Waals surface area contributed by atoms with E-state index in [1.807, 2.05) is 30.5 Å². The second kappa shape index (κ2) is 8.49. The van der Waals surface area contributed by atoms with Crippen LogP contribution in [-0.2, 0) is 17.6 Å². The summed E-state index contributed by atoms with van der Waals surface area (Å²) in [6.07, 6.45) is 7.20. The van der Waals surface area contributed by atoms with Gasteiger partial charge in [0.1, 0.15) is 5.02 Å². The number of anilines is 5. The van der Waals surface area contributed by atoms with E-state index in [1.165, 1.54) is 0 Å². The molecule has 8 nitrogen and oxygen atoms in total. The van der Waals surface area contributed by atoms with Gasteiger partial charge < -0.3 is 21.3 Å². The first-order valence-corrected chi connectivity index (χ1v) is 10.6. The molecule has 1 aromatic carbocycles. The predicted molar refractivity (Wildman–Crippen MR) is 121 cm³/mol. The standard InChI is InChI=1S/C22H22ClN7O/c23-18-12-26-22-28-17-5-13(8-25-11-17)1-2-15-7-16(27-21(18)30-22)3-4-19(15)29-20(31)6-14-9-24-10-14/h3-5,7-8,11-12,14,24H,1-2,6,9-10H2,(H,29,31)(H2,26,27,28,30). The number of fused-ring (bicyclic) bond motifs is 6. The molecule has 4 N–H and O–H groups in total. The number of rotatable bonds is 3. The molecule has 1 fully saturated rings. The maximum Gasteiger partial charge on any atom is 0.229 e. The summed E-state index contributed by atoms with van der Waals surface area (Å²) in [5.41, 5.74) is 4.59. The van der Waals surface area contributed by atoms with E-state index in [0.29, 0.717) is 29.1 Å². The zero-order chi connectivity index (χ0) is 21.2. The molecule has 6 bridgehead atoms. The van der Waals surface area contributed by atoms with Gasteiger partial charge in [-0.25, -0.2) is 4.98 Å². The number of nitrogens with one attached hydrogen (secondary N) is 4. The average Bonchev–Trinajstić information content (AvgIpc) is 2.73. The summed E-state index contributed by atoms with van der Waals surface area (Å²) < 4.78 is 0. The summed E-state index contributed by atoms with van der Waals surface area (Å²) >= 11 is 6.31. The second-order valence-electron chi connectivity index (χ2n) is 7.87. The summed E-state index contributed by atoms with van der Waals surface area (Å²) in [5, 5.41) is 13.2. The van der Waals surface area contributed by atoms with Crippen molar-refractivity contribution in [2.75, 3.05) is 29.0 Å². The van der Waals surface area contributed by atoms with Gasteiger partial charge in [-0.1, -0.05) is 11.6 Å². The summed E-state index contributed by atoms with van der Waals surface area (Å²) in [6.45, 7) is 1.81. The molecular formula is C22H22ClN7O. The number of aryl methyl sites for hydroxylation is 2. The van der Waals surface area contributed by atoms with Crippen LogP contribution in [0, 0.1) is 5.92 Å². The van der Waals surface area contributed by atoms with Crippen LogP contribution in [0.5, 0.6) is 0 Å². The van der Waals surface area contributed by atoms with Crippen LogP contribution in [-0.4, -0.2) is 33.9 Å². The Morgan fingerprint density at radius 1 is 1.10 bits per heavy atom. The maximum atomic E-state index is 12.5. The van der Waals surface area contributed by atoms with E-state index in [9.17, 15) is 4.79 Å². The highest BCUT2D eigenvalue weighted by atomic mass is 35.5.